The van der Waals surface area contributed by atoms with Gasteiger partial charge >= 0.3 is 0 Å². The predicted octanol–water partition coefficient (Wildman–Crippen LogP) is 3.30. The highest BCUT2D eigenvalue weighted by Crippen LogP contribution is 2.20. The molecule has 14 heavy (non-hydrogen) atoms. The minimum absolute atomic E-state index is 1.10. The van der Waals surface area contributed by atoms with E-state index in [1.807, 2.05) is 0 Å². The van der Waals surface area contributed by atoms with Gasteiger partial charge in [0.25, 0.3) is 0 Å². The third-order valence-electron chi connectivity index (χ3n) is 2.98. The highest BCUT2D eigenvalue weighted by Gasteiger charge is 2.03. The maximum atomic E-state index is 2.30. The quantitative estimate of drug-likeness (QED) is 0.679. The number of benzene rings is 1. The predicted molar refractivity (Wildman–Crippen MR) is 61.7 cm³/mol. The maximum Gasteiger partial charge on any atom is 0.0480 e. The first-order valence-corrected chi connectivity index (χ1v) is 5.33. The first-order valence-electron chi connectivity index (χ1n) is 5.33. The van der Waals surface area contributed by atoms with Crippen molar-refractivity contribution in [1.29, 1.82) is 0 Å². The molecule has 0 N–H and O–H groups in total. The molecule has 1 nitrogen and oxygen atoms in total. The van der Waals surface area contributed by atoms with Gasteiger partial charge in [-0.25, -0.2) is 0 Å². The second-order valence-electron chi connectivity index (χ2n) is 3.79. The van der Waals surface area contributed by atoms with Crippen LogP contribution in [-0.4, -0.2) is 4.57 Å². The molecule has 0 amide bonds. The molecular formula is C13H17N. The van der Waals surface area contributed by atoms with Crippen LogP contribution in [0.1, 0.15) is 25.1 Å². The Hall–Kier alpha value is -1.24. The van der Waals surface area contributed by atoms with Crippen LogP contribution >= 0.6 is 0 Å². The van der Waals surface area contributed by atoms with Crippen LogP contribution in [0.5, 0.6) is 0 Å². The number of aromatic nitrogens is 1. The number of hydrogen-bond donors (Lipinski definition) is 0. The summed E-state index contributed by atoms with van der Waals surface area (Å²) in [6, 6.07) is 9.05. The Bertz CT molecular complexity index is 451. The Morgan fingerprint density at radius 2 is 1.86 bits per heavy atom. The van der Waals surface area contributed by atoms with Gasteiger partial charge in [0.05, 0.1) is 0 Å². The molecule has 1 aromatic carbocycles. The number of aryl methyl sites for hydroxylation is 3. The molecule has 0 atom stereocenters. The number of rotatable bonds is 2. The van der Waals surface area contributed by atoms with Crippen molar-refractivity contribution in [1.82, 2.24) is 4.57 Å². The SMILES string of the molecule is CCc1ccc2c(c1)cc(CC)n2C. The van der Waals surface area contributed by atoms with Crippen molar-refractivity contribution in [3.63, 3.8) is 0 Å². The van der Waals surface area contributed by atoms with E-state index in [1.165, 1.54) is 22.2 Å². The average molecular weight is 187 g/mol. The summed E-state index contributed by atoms with van der Waals surface area (Å²) >= 11 is 0. The van der Waals surface area contributed by atoms with Gasteiger partial charge < -0.3 is 4.57 Å². The van der Waals surface area contributed by atoms with Gasteiger partial charge in [0.2, 0.25) is 0 Å². The lowest BCUT2D eigenvalue weighted by Gasteiger charge is -2.01. The highest BCUT2D eigenvalue weighted by atomic mass is 14.9. The summed E-state index contributed by atoms with van der Waals surface area (Å²) < 4.78 is 2.29. The molecule has 2 aromatic rings. The monoisotopic (exact) mass is 187 g/mol. The van der Waals surface area contributed by atoms with Gasteiger partial charge in [0.15, 0.2) is 0 Å². The zero-order valence-corrected chi connectivity index (χ0v) is 9.17. The van der Waals surface area contributed by atoms with E-state index < -0.39 is 0 Å². The van der Waals surface area contributed by atoms with Gasteiger partial charge in [-0.1, -0.05) is 19.9 Å². The van der Waals surface area contributed by atoms with Crippen molar-refractivity contribution in [3.8, 4) is 0 Å². The number of nitrogens with zero attached hydrogens (tertiary/aromatic N) is 1. The Kier molecular flexibility index (Phi) is 2.32. The van der Waals surface area contributed by atoms with E-state index in [-0.39, 0.29) is 0 Å². The van der Waals surface area contributed by atoms with Gasteiger partial charge in [-0.3, -0.25) is 0 Å². The van der Waals surface area contributed by atoms with Crippen molar-refractivity contribution in [2.75, 3.05) is 0 Å². The fourth-order valence-corrected chi connectivity index (χ4v) is 2.02. The molecule has 0 aliphatic carbocycles. The van der Waals surface area contributed by atoms with E-state index >= 15 is 0 Å². The molecule has 0 spiro atoms. The van der Waals surface area contributed by atoms with E-state index in [0.717, 1.165) is 12.8 Å². The molecule has 0 saturated heterocycles. The van der Waals surface area contributed by atoms with Crippen LogP contribution in [0.2, 0.25) is 0 Å². The van der Waals surface area contributed by atoms with Crippen LogP contribution in [0.25, 0.3) is 10.9 Å². The first-order chi connectivity index (χ1) is 6.76. The molecule has 74 valence electrons. The van der Waals surface area contributed by atoms with Crippen molar-refractivity contribution in [2.24, 2.45) is 7.05 Å². The summed E-state index contributed by atoms with van der Waals surface area (Å²) in [6.45, 7) is 4.40. The summed E-state index contributed by atoms with van der Waals surface area (Å²) in [5, 5.41) is 1.38. The molecule has 0 fully saturated rings. The van der Waals surface area contributed by atoms with Gasteiger partial charge in [-0.15, -0.1) is 0 Å². The van der Waals surface area contributed by atoms with Crippen molar-refractivity contribution in [3.05, 3.63) is 35.5 Å². The molecular weight excluding hydrogens is 170 g/mol. The molecule has 0 bridgehead atoms. The van der Waals surface area contributed by atoms with E-state index in [1.54, 1.807) is 0 Å². The standard InChI is InChI=1S/C13H17N/c1-4-10-6-7-13-11(8-10)9-12(5-2)14(13)3/h6-9H,4-5H2,1-3H3. The lowest BCUT2D eigenvalue weighted by molar-refractivity contribution is 0.865. The molecule has 0 unspecified atom stereocenters. The first kappa shape index (κ1) is 9.32. The Labute approximate surface area is 85.4 Å². The Morgan fingerprint density at radius 1 is 1.07 bits per heavy atom. The fourth-order valence-electron chi connectivity index (χ4n) is 2.02. The van der Waals surface area contributed by atoms with Gasteiger partial charge in [-0.2, -0.15) is 0 Å². The zero-order valence-electron chi connectivity index (χ0n) is 9.17. The normalized spacial score (nSPS) is 11.1. The van der Waals surface area contributed by atoms with Crippen LogP contribution in [0, 0.1) is 0 Å². The summed E-state index contributed by atoms with van der Waals surface area (Å²) in [4.78, 5) is 0. The summed E-state index contributed by atoms with van der Waals surface area (Å²) in [6.07, 6.45) is 2.22. The van der Waals surface area contributed by atoms with Crippen LogP contribution in [0.4, 0.5) is 0 Å². The Balaban J connectivity index is 2.66. The van der Waals surface area contributed by atoms with E-state index in [4.69, 9.17) is 0 Å². The van der Waals surface area contributed by atoms with Crippen LogP contribution in [0.15, 0.2) is 24.3 Å². The molecule has 0 aliphatic heterocycles. The minimum atomic E-state index is 1.10. The number of hydrogen-bond acceptors (Lipinski definition) is 0. The lowest BCUT2D eigenvalue weighted by Crippen LogP contribution is -1.93. The third kappa shape index (κ3) is 1.33. The molecule has 1 heterocycles. The highest BCUT2D eigenvalue weighted by molar-refractivity contribution is 5.82. The smallest absolute Gasteiger partial charge is 0.0480 e. The van der Waals surface area contributed by atoms with Gasteiger partial charge in [0, 0.05) is 23.6 Å². The fraction of sp³-hybridized carbons (Fsp3) is 0.385. The molecule has 2 rings (SSSR count). The topological polar surface area (TPSA) is 4.93 Å². The molecule has 1 aromatic heterocycles. The van der Waals surface area contributed by atoms with E-state index in [2.05, 4.69) is 49.7 Å². The molecule has 0 aliphatic rings. The summed E-state index contributed by atoms with van der Waals surface area (Å²) in [5.74, 6) is 0. The van der Waals surface area contributed by atoms with Crippen molar-refractivity contribution < 1.29 is 0 Å². The van der Waals surface area contributed by atoms with Crippen LogP contribution in [0.3, 0.4) is 0 Å². The average Bonchev–Trinajstić information content (AvgIpc) is 2.55. The summed E-state index contributed by atoms with van der Waals surface area (Å²) in [7, 11) is 2.15. The molecule has 0 radical (unpaired) electrons. The lowest BCUT2D eigenvalue weighted by atomic mass is 10.1. The largest absolute Gasteiger partial charge is 0.348 e. The van der Waals surface area contributed by atoms with Crippen LogP contribution in [-0.2, 0) is 19.9 Å². The second-order valence-corrected chi connectivity index (χ2v) is 3.79. The van der Waals surface area contributed by atoms with Gasteiger partial charge in [-0.05, 0) is 36.6 Å². The van der Waals surface area contributed by atoms with E-state index in [0.29, 0.717) is 0 Å². The Morgan fingerprint density at radius 3 is 2.50 bits per heavy atom. The maximum absolute atomic E-state index is 2.30. The van der Waals surface area contributed by atoms with Crippen LogP contribution < -0.4 is 0 Å². The third-order valence-corrected chi connectivity index (χ3v) is 2.98. The minimum Gasteiger partial charge on any atom is -0.348 e. The number of fused-ring (bicyclic) bond motifs is 1. The molecule has 0 saturated carbocycles. The van der Waals surface area contributed by atoms with Gasteiger partial charge in [0.1, 0.15) is 0 Å². The van der Waals surface area contributed by atoms with Crippen molar-refractivity contribution in [2.45, 2.75) is 26.7 Å². The molecule has 1 heteroatoms. The van der Waals surface area contributed by atoms with Crippen molar-refractivity contribution >= 4 is 10.9 Å². The zero-order chi connectivity index (χ0) is 10.1. The summed E-state index contributed by atoms with van der Waals surface area (Å²) in [5.41, 5.74) is 4.18. The van der Waals surface area contributed by atoms with E-state index in [9.17, 15) is 0 Å². The second kappa shape index (κ2) is 3.49.